The van der Waals surface area contributed by atoms with E-state index >= 15 is 0 Å². The van der Waals surface area contributed by atoms with E-state index in [2.05, 4.69) is 105 Å². The molecular weight excluding hydrogens is 552 g/mol. The lowest BCUT2D eigenvalue weighted by Gasteiger charge is -2.28. The second kappa shape index (κ2) is 24.6. The van der Waals surface area contributed by atoms with Crippen molar-refractivity contribution in [3.63, 3.8) is 0 Å². The van der Waals surface area contributed by atoms with Gasteiger partial charge in [0, 0.05) is 25.4 Å². The zero-order valence-electron chi connectivity index (χ0n) is 30.4. The van der Waals surface area contributed by atoms with Gasteiger partial charge in [-0.05, 0) is 79.8 Å². The molecule has 5 nitrogen and oxygen atoms in total. The van der Waals surface area contributed by atoms with E-state index in [1.165, 1.54) is 16.7 Å². The van der Waals surface area contributed by atoms with E-state index in [1.54, 1.807) is 7.05 Å². The fourth-order valence-corrected chi connectivity index (χ4v) is 5.10. The molecule has 0 saturated heterocycles. The van der Waals surface area contributed by atoms with Gasteiger partial charge in [0.25, 0.3) is 0 Å². The lowest BCUT2D eigenvalue weighted by atomic mass is 9.96. The van der Waals surface area contributed by atoms with E-state index in [1.807, 2.05) is 64.8 Å². The van der Waals surface area contributed by atoms with Gasteiger partial charge in [-0.3, -0.25) is 9.79 Å². The summed E-state index contributed by atoms with van der Waals surface area (Å²) < 4.78 is 0. The molecule has 0 aliphatic carbocycles. The molecule has 1 unspecified atom stereocenters. The minimum absolute atomic E-state index is 0.0198. The summed E-state index contributed by atoms with van der Waals surface area (Å²) in [6.45, 7) is 20.9. The van der Waals surface area contributed by atoms with Gasteiger partial charge >= 0.3 is 0 Å². The van der Waals surface area contributed by atoms with Crippen LogP contribution in [0.1, 0.15) is 115 Å². The molecule has 0 saturated carbocycles. The summed E-state index contributed by atoms with van der Waals surface area (Å²) in [6, 6.07) is 23.2. The lowest BCUT2D eigenvalue weighted by molar-refractivity contribution is -0.118. The molecule has 0 aliphatic rings. The van der Waals surface area contributed by atoms with Crippen molar-refractivity contribution >= 4 is 12.2 Å². The summed E-state index contributed by atoms with van der Waals surface area (Å²) in [5.74, 6) is 0.784. The molecule has 3 aromatic carbocycles. The van der Waals surface area contributed by atoms with Crippen LogP contribution in [-0.4, -0.2) is 31.2 Å². The monoisotopic (exact) mass is 614 g/mol. The third kappa shape index (κ3) is 12.7. The predicted octanol–water partition coefficient (Wildman–Crippen LogP) is 10.2. The third-order valence-corrected chi connectivity index (χ3v) is 7.66. The van der Waals surface area contributed by atoms with Crippen LogP contribution in [-0.2, 0) is 17.6 Å². The number of aryl methyl sites for hydroxylation is 2. The first-order valence-electron chi connectivity index (χ1n) is 17.0. The average Bonchev–Trinajstić information content (AvgIpc) is 3.11. The molecule has 0 spiro atoms. The Balaban J connectivity index is 0.00000107. The van der Waals surface area contributed by atoms with Crippen molar-refractivity contribution in [2.75, 3.05) is 14.1 Å². The van der Waals surface area contributed by atoms with Gasteiger partial charge in [-0.15, -0.1) is 0 Å². The SMILES string of the molecule is C/C=C(/CCCC)N(C=O)C(C)c1ccc(-c2ccccc2C(=NC)NNC)cc1.CC.CC.CCc1cccc(CC)c1C. The molecule has 0 heterocycles. The van der Waals surface area contributed by atoms with Crippen molar-refractivity contribution in [3.05, 3.63) is 106 Å². The van der Waals surface area contributed by atoms with E-state index in [-0.39, 0.29) is 6.04 Å². The largest absolute Gasteiger partial charge is 0.312 e. The molecule has 3 aromatic rings. The minimum Gasteiger partial charge on any atom is -0.312 e. The second-order valence-electron chi connectivity index (χ2n) is 10.1. The zero-order valence-corrected chi connectivity index (χ0v) is 30.4. The highest BCUT2D eigenvalue weighted by atomic mass is 16.1. The Morgan fingerprint density at radius 2 is 1.47 bits per heavy atom. The van der Waals surface area contributed by atoms with Crippen molar-refractivity contribution in [1.82, 2.24) is 15.8 Å². The van der Waals surface area contributed by atoms with Crippen LogP contribution in [0.3, 0.4) is 0 Å². The van der Waals surface area contributed by atoms with Crippen LogP contribution in [0.15, 0.2) is 83.5 Å². The number of hydrogen-bond acceptors (Lipinski definition) is 3. The number of aliphatic imine (C=N–C) groups is 1. The standard InChI is InChI=1S/C25H34N4O.C11H16.2C2H6/c1-6-8-11-22(7-2)29(18-30)19(3)20-14-16-21(17-15-20)23-12-9-10-13-24(23)25(26-4)28-27-5;1-4-10-7-6-8-11(5-2)9(10)3;2*1-2/h7,9-10,12-19,27H,6,8,11H2,1-5H3,(H,26,28);6-8H,4-5H2,1-3H3;2*1-2H3/b22-7-;;;. The number of unbranched alkanes of at least 4 members (excludes halogenated alkanes) is 1. The molecule has 0 aliphatic heterocycles. The van der Waals surface area contributed by atoms with Gasteiger partial charge in [0.2, 0.25) is 6.41 Å². The Bertz CT molecular complexity index is 1260. The summed E-state index contributed by atoms with van der Waals surface area (Å²) in [6.07, 6.45) is 8.41. The first-order chi connectivity index (χ1) is 21.9. The molecule has 1 atom stereocenters. The minimum atomic E-state index is -0.0198. The molecule has 5 heteroatoms. The molecule has 45 heavy (non-hydrogen) atoms. The number of carbonyl (C=O) groups is 1. The maximum Gasteiger partial charge on any atom is 0.214 e. The van der Waals surface area contributed by atoms with Gasteiger partial charge in [-0.1, -0.05) is 128 Å². The smallest absolute Gasteiger partial charge is 0.214 e. The Morgan fingerprint density at radius 3 is 1.93 bits per heavy atom. The number of amides is 1. The van der Waals surface area contributed by atoms with Crippen LogP contribution >= 0.6 is 0 Å². The number of allylic oxidation sites excluding steroid dienone is 2. The first-order valence-corrected chi connectivity index (χ1v) is 17.0. The molecule has 0 fully saturated rings. The predicted molar refractivity (Wildman–Crippen MR) is 199 cm³/mol. The third-order valence-electron chi connectivity index (χ3n) is 7.66. The second-order valence-corrected chi connectivity index (χ2v) is 10.1. The Labute approximate surface area is 276 Å². The fourth-order valence-electron chi connectivity index (χ4n) is 5.10. The average molecular weight is 615 g/mol. The van der Waals surface area contributed by atoms with Gasteiger partial charge in [0.05, 0.1) is 6.04 Å². The van der Waals surface area contributed by atoms with E-state index in [0.29, 0.717) is 0 Å². The molecule has 3 rings (SSSR count). The molecular formula is C40H62N4O. The topological polar surface area (TPSA) is 56.7 Å². The number of hydrazine groups is 1. The number of nitrogens with one attached hydrogen (secondary N) is 2. The van der Waals surface area contributed by atoms with Crippen LogP contribution in [0.2, 0.25) is 0 Å². The van der Waals surface area contributed by atoms with Gasteiger partial charge in [-0.2, -0.15) is 0 Å². The Morgan fingerprint density at radius 1 is 0.889 bits per heavy atom. The van der Waals surface area contributed by atoms with Crippen LogP contribution < -0.4 is 10.9 Å². The highest BCUT2D eigenvalue weighted by Gasteiger charge is 2.18. The molecule has 2 N–H and O–H groups in total. The van der Waals surface area contributed by atoms with E-state index in [4.69, 9.17) is 0 Å². The van der Waals surface area contributed by atoms with E-state index in [0.717, 1.165) is 72.3 Å². The van der Waals surface area contributed by atoms with Crippen molar-refractivity contribution in [3.8, 4) is 11.1 Å². The fraction of sp³-hybridized carbons (Fsp3) is 0.450. The van der Waals surface area contributed by atoms with Crippen molar-refractivity contribution in [2.24, 2.45) is 4.99 Å². The molecule has 1 amide bonds. The summed E-state index contributed by atoms with van der Waals surface area (Å²) in [7, 11) is 3.59. The molecule has 0 radical (unpaired) electrons. The maximum absolute atomic E-state index is 11.8. The van der Waals surface area contributed by atoms with Crippen LogP contribution in [0.25, 0.3) is 11.1 Å². The lowest BCUT2D eigenvalue weighted by Crippen LogP contribution is -2.35. The Hall–Kier alpha value is -3.70. The van der Waals surface area contributed by atoms with Gasteiger partial charge < -0.3 is 10.3 Å². The van der Waals surface area contributed by atoms with Crippen molar-refractivity contribution < 1.29 is 4.79 Å². The van der Waals surface area contributed by atoms with Crippen LogP contribution in [0.5, 0.6) is 0 Å². The summed E-state index contributed by atoms with van der Waals surface area (Å²) in [5, 5.41) is 0. The van der Waals surface area contributed by atoms with E-state index < -0.39 is 0 Å². The number of rotatable bonds is 12. The van der Waals surface area contributed by atoms with Gasteiger partial charge in [-0.25, -0.2) is 5.43 Å². The first kappa shape index (κ1) is 41.3. The summed E-state index contributed by atoms with van der Waals surface area (Å²) in [5.41, 5.74) is 15.9. The quantitative estimate of drug-likeness (QED) is 0.0924. The Kier molecular flexibility index (Phi) is 22.6. The van der Waals surface area contributed by atoms with Crippen LogP contribution in [0.4, 0.5) is 0 Å². The van der Waals surface area contributed by atoms with Crippen LogP contribution in [0, 0.1) is 6.92 Å². The highest BCUT2D eigenvalue weighted by Crippen LogP contribution is 2.29. The van der Waals surface area contributed by atoms with Gasteiger partial charge in [0.15, 0.2) is 0 Å². The number of hydrogen-bond donors (Lipinski definition) is 2. The van der Waals surface area contributed by atoms with E-state index in [9.17, 15) is 4.79 Å². The molecule has 0 aromatic heterocycles. The normalized spacial score (nSPS) is 11.5. The number of carbonyl (C=O) groups excluding carboxylic acids is 1. The van der Waals surface area contributed by atoms with Gasteiger partial charge in [0.1, 0.15) is 5.84 Å². The summed E-state index contributed by atoms with van der Waals surface area (Å²) >= 11 is 0. The molecule has 0 bridgehead atoms. The van der Waals surface area contributed by atoms with Crippen molar-refractivity contribution in [2.45, 2.75) is 107 Å². The number of amidine groups is 1. The van der Waals surface area contributed by atoms with Crippen molar-refractivity contribution in [1.29, 1.82) is 0 Å². The highest BCUT2D eigenvalue weighted by molar-refractivity contribution is 6.04. The zero-order chi connectivity index (χ0) is 34.2. The summed E-state index contributed by atoms with van der Waals surface area (Å²) in [4.78, 5) is 18.0. The maximum atomic E-state index is 11.8. The molecule has 248 valence electrons. The number of benzene rings is 3. The number of nitrogens with zero attached hydrogens (tertiary/aromatic N) is 2.